The van der Waals surface area contributed by atoms with Crippen molar-refractivity contribution in [3.63, 3.8) is 0 Å². The van der Waals surface area contributed by atoms with Gasteiger partial charge in [-0.1, -0.05) is 37.8 Å². The number of hydrogen-bond donors (Lipinski definition) is 1. The minimum Gasteiger partial charge on any atom is -0.480 e. The summed E-state index contributed by atoms with van der Waals surface area (Å²) in [5.41, 5.74) is 0.888. The normalized spacial score (nSPS) is 18.5. The molecule has 2 rings (SSSR count). The first-order valence-electron chi connectivity index (χ1n) is 6.91. The van der Waals surface area contributed by atoms with E-state index in [1.807, 2.05) is 43.9 Å². The maximum absolute atomic E-state index is 12.5. The number of nitrogens with zero attached hydrogens (tertiary/aromatic N) is 2. The Morgan fingerprint density at radius 2 is 2.18 bits per heavy atom. The van der Waals surface area contributed by atoms with Crippen molar-refractivity contribution in [3.8, 4) is 0 Å². The third-order valence-corrected chi connectivity index (χ3v) is 4.60. The van der Waals surface area contributed by atoms with Gasteiger partial charge >= 0.3 is 5.97 Å². The van der Waals surface area contributed by atoms with Gasteiger partial charge in [0.2, 0.25) is 0 Å². The SMILES string of the molecule is CC(C)C[C@H](C(=O)O)N1C(=O)/C(=C\c2ccn(C)c2)SC1=S. The summed E-state index contributed by atoms with van der Waals surface area (Å²) in [6.45, 7) is 3.85. The summed E-state index contributed by atoms with van der Waals surface area (Å²) in [6, 6.07) is 0.976. The number of aryl methyl sites for hydroxylation is 1. The molecule has 1 aromatic heterocycles. The van der Waals surface area contributed by atoms with Gasteiger partial charge < -0.3 is 9.67 Å². The second kappa shape index (κ2) is 6.66. The summed E-state index contributed by atoms with van der Waals surface area (Å²) < 4.78 is 2.19. The predicted octanol–water partition coefficient (Wildman–Crippen LogP) is 2.73. The van der Waals surface area contributed by atoms with E-state index in [-0.39, 0.29) is 11.8 Å². The number of thioether (sulfide) groups is 1. The van der Waals surface area contributed by atoms with Crippen LogP contribution in [-0.4, -0.2) is 36.8 Å². The lowest BCUT2D eigenvalue weighted by atomic mass is 10.0. The van der Waals surface area contributed by atoms with Crippen LogP contribution in [-0.2, 0) is 16.6 Å². The Balaban J connectivity index is 2.27. The molecule has 0 saturated carbocycles. The maximum atomic E-state index is 12.5. The first-order valence-corrected chi connectivity index (χ1v) is 8.14. The lowest BCUT2D eigenvalue weighted by Crippen LogP contribution is -2.44. The van der Waals surface area contributed by atoms with Crippen molar-refractivity contribution in [1.29, 1.82) is 0 Å². The molecule has 5 nitrogen and oxygen atoms in total. The van der Waals surface area contributed by atoms with Crippen LogP contribution in [0.15, 0.2) is 23.4 Å². The maximum Gasteiger partial charge on any atom is 0.326 e. The van der Waals surface area contributed by atoms with Crippen LogP contribution in [0.5, 0.6) is 0 Å². The second-order valence-electron chi connectivity index (χ2n) is 5.65. The topological polar surface area (TPSA) is 62.5 Å². The van der Waals surface area contributed by atoms with E-state index in [1.165, 1.54) is 4.90 Å². The number of hydrogen-bond acceptors (Lipinski definition) is 4. The molecule has 118 valence electrons. The Labute approximate surface area is 139 Å². The van der Waals surface area contributed by atoms with Gasteiger partial charge in [-0.2, -0.15) is 0 Å². The van der Waals surface area contributed by atoms with Crippen molar-refractivity contribution in [2.75, 3.05) is 0 Å². The van der Waals surface area contributed by atoms with Crippen LogP contribution in [0.3, 0.4) is 0 Å². The number of rotatable bonds is 5. The van der Waals surface area contributed by atoms with E-state index in [1.54, 1.807) is 6.08 Å². The fourth-order valence-electron chi connectivity index (χ4n) is 2.27. The number of aliphatic carboxylic acids is 1. The average Bonchev–Trinajstić information content (AvgIpc) is 2.92. The first kappa shape index (κ1) is 16.8. The number of thiocarbonyl (C=S) groups is 1. The van der Waals surface area contributed by atoms with Gasteiger partial charge in [0.15, 0.2) is 0 Å². The van der Waals surface area contributed by atoms with Crippen molar-refractivity contribution in [2.45, 2.75) is 26.3 Å². The van der Waals surface area contributed by atoms with Crippen molar-refractivity contribution in [1.82, 2.24) is 9.47 Å². The molecule has 0 aromatic carbocycles. The molecule has 0 spiro atoms. The first-order chi connectivity index (χ1) is 10.3. The standard InChI is InChI=1S/C15H18N2O3S2/c1-9(2)6-11(14(19)20)17-13(18)12(22-15(17)21)7-10-4-5-16(3)8-10/h4-5,7-9,11H,6H2,1-3H3,(H,19,20)/b12-7+/t11-/m1/s1. The molecule has 1 N–H and O–H groups in total. The highest BCUT2D eigenvalue weighted by atomic mass is 32.2. The predicted molar refractivity (Wildman–Crippen MR) is 91.3 cm³/mol. The van der Waals surface area contributed by atoms with E-state index in [9.17, 15) is 14.7 Å². The van der Waals surface area contributed by atoms with E-state index >= 15 is 0 Å². The largest absolute Gasteiger partial charge is 0.480 e. The van der Waals surface area contributed by atoms with Crippen molar-refractivity contribution in [2.24, 2.45) is 13.0 Å². The Morgan fingerprint density at radius 3 is 2.68 bits per heavy atom. The third kappa shape index (κ3) is 3.59. The molecule has 1 amide bonds. The molecule has 1 saturated heterocycles. The smallest absolute Gasteiger partial charge is 0.326 e. The minimum absolute atomic E-state index is 0.156. The summed E-state index contributed by atoms with van der Waals surface area (Å²) in [6.07, 6.45) is 5.88. The van der Waals surface area contributed by atoms with E-state index in [0.717, 1.165) is 17.3 Å². The molecule has 1 aromatic rings. The van der Waals surface area contributed by atoms with Crippen LogP contribution in [0.25, 0.3) is 6.08 Å². The lowest BCUT2D eigenvalue weighted by molar-refractivity contribution is -0.145. The fraction of sp³-hybridized carbons (Fsp3) is 0.400. The van der Waals surface area contributed by atoms with Gasteiger partial charge in [0.05, 0.1) is 4.91 Å². The van der Waals surface area contributed by atoms with Gasteiger partial charge in [-0.05, 0) is 30.0 Å². The van der Waals surface area contributed by atoms with Crippen LogP contribution in [0, 0.1) is 5.92 Å². The summed E-state index contributed by atoms with van der Waals surface area (Å²) >= 11 is 6.38. The van der Waals surface area contributed by atoms with Gasteiger partial charge in [-0.25, -0.2) is 4.79 Å². The van der Waals surface area contributed by atoms with Crippen LogP contribution in [0.2, 0.25) is 0 Å². The summed E-state index contributed by atoms with van der Waals surface area (Å²) in [7, 11) is 1.89. The van der Waals surface area contributed by atoms with Gasteiger partial charge in [-0.15, -0.1) is 0 Å². The summed E-state index contributed by atoms with van der Waals surface area (Å²) in [5.74, 6) is -1.19. The highest BCUT2D eigenvalue weighted by Crippen LogP contribution is 2.35. The molecule has 2 heterocycles. The molecule has 0 radical (unpaired) electrons. The molecule has 1 aliphatic rings. The minimum atomic E-state index is -1.02. The van der Waals surface area contributed by atoms with Crippen molar-refractivity contribution >= 4 is 46.3 Å². The number of amides is 1. The quantitative estimate of drug-likeness (QED) is 0.661. The number of carboxylic acids is 1. The number of carbonyl (C=O) groups is 2. The molecule has 7 heteroatoms. The number of carbonyl (C=O) groups excluding carboxylic acids is 1. The van der Waals surface area contributed by atoms with Crippen LogP contribution >= 0.6 is 24.0 Å². The molecular formula is C15H18N2O3S2. The van der Waals surface area contributed by atoms with E-state index in [4.69, 9.17) is 12.2 Å². The van der Waals surface area contributed by atoms with Crippen molar-refractivity contribution in [3.05, 3.63) is 28.9 Å². The second-order valence-corrected chi connectivity index (χ2v) is 7.32. The van der Waals surface area contributed by atoms with E-state index in [0.29, 0.717) is 15.6 Å². The van der Waals surface area contributed by atoms with Crippen LogP contribution in [0.1, 0.15) is 25.8 Å². The van der Waals surface area contributed by atoms with Crippen molar-refractivity contribution < 1.29 is 14.7 Å². The Kier molecular flexibility index (Phi) is 5.08. The zero-order chi connectivity index (χ0) is 16.4. The van der Waals surface area contributed by atoms with Gasteiger partial charge in [0.1, 0.15) is 10.4 Å². The molecule has 1 aliphatic heterocycles. The third-order valence-electron chi connectivity index (χ3n) is 3.27. The summed E-state index contributed by atoms with van der Waals surface area (Å²) in [5, 5.41) is 9.41. The Morgan fingerprint density at radius 1 is 1.50 bits per heavy atom. The number of carboxylic acid groups (broad SMARTS) is 1. The zero-order valence-electron chi connectivity index (χ0n) is 12.6. The number of aromatic nitrogens is 1. The fourth-order valence-corrected chi connectivity index (χ4v) is 3.63. The Hall–Kier alpha value is -1.60. The molecule has 22 heavy (non-hydrogen) atoms. The van der Waals surface area contributed by atoms with Gasteiger partial charge in [0.25, 0.3) is 5.91 Å². The van der Waals surface area contributed by atoms with E-state index in [2.05, 4.69) is 0 Å². The molecular weight excluding hydrogens is 320 g/mol. The Bertz CT molecular complexity index is 649. The molecule has 0 bridgehead atoms. The molecule has 1 atom stereocenters. The monoisotopic (exact) mass is 338 g/mol. The molecule has 0 aliphatic carbocycles. The average molecular weight is 338 g/mol. The summed E-state index contributed by atoms with van der Waals surface area (Å²) in [4.78, 5) is 25.7. The van der Waals surface area contributed by atoms with Gasteiger partial charge in [-0.3, -0.25) is 9.69 Å². The van der Waals surface area contributed by atoms with E-state index < -0.39 is 12.0 Å². The molecule has 0 unspecified atom stereocenters. The highest BCUT2D eigenvalue weighted by Gasteiger charge is 2.40. The molecule has 1 fully saturated rings. The van der Waals surface area contributed by atoms with Crippen LogP contribution < -0.4 is 0 Å². The van der Waals surface area contributed by atoms with Crippen LogP contribution in [0.4, 0.5) is 0 Å². The zero-order valence-corrected chi connectivity index (χ0v) is 14.3. The van der Waals surface area contributed by atoms with Gasteiger partial charge in [0, 0.05) is 19.4 Å². The lowest BCUT2D eigenvalue weighted by Gasteiger charge is -2.24. The highest BCUT2D eigenvalue weighted by molar-refractivity contribution is 8.26.